The van der Waals surface area contributed by atoms with Gasteiger partial charge >= 0.3 is 0 Å². The van der Waals surface area contributed by atoms with Crippen LogP contribution in [0.5, 0.6) is 0 Å². The molecular weight excluding hydrogens is 978 g/mol. The van der Waals surface area contributed by atoms with Crippen LogP contribution in [0, 0.1) is 18.2 Å². The van der Waals surface area contributed by atoms with Crippen LogP contribution in [0.15, 0.2) is 72.8 Å². The molecule has 3 aliphatic rings. The number of carbonyl (C=O) groups is 4. The van der Waals surface area contributed by atoms with Gasteiger partial charge in [-0.2, -0.15) is 5.10 Å². The van der Waals surface area contributed by atoms with E-state index < -0.39 is 35.6 Å². The molecule has 0 bridgehead atoms. The molecule has 21 heteroatoms. The van der Waals surface area contributed by atoms with Crippen molar-refractivity contribution in [1.29, 1.82) is 0 Å². The number of aryl methyl sites for hydroxylation is 1. The fourth-order valence-electron chi connectivity index (χ4n) is 9.91. The van der Waals surface area contributed by atoms with Crippen molar-refractivity contribution in [2.45, 2.75) is 116 Å². The number of unbranched alkanes of at least 4 members (excludes halogenated alkanes) is 3. The summed E-state index contributed by atoms with van der Waals surface area (Å²) in [7, 11) is 0. The lowest BCUT2D eigenvalue weighted by atomic mass is 9.84. The highest BCUT2D eigenvalue weighted by Crippen LogP contribution is 2.41. The molecule has 0 spiro atoms. The third kappa shape index (κ3) is 13.1. The Balaban J connectivity index is 0.660. The second-order valence-electron chi connectivity index (χ2n) is 21.1. The number of hydrogen-bond acceptors (Lipinski definition) is 14. The van der Waals surface area contributed by atoms with Crippen LogP contribution < -0.4 is 21.3 Å². The smallest absolute Gasteiger partial charge is 0.254 e. The molecule has 0 radical (unpaired) electrons. The lowest BCUT2D eigenvalue weighted by molar-refractivity contribution is -0.135. The molecule has 7 N–H and O–H groups in total. The van der Waals surface area contributed by atoms with Crippen LogP contribution in [0.25, 0.3) is 27.3 Å². The number of rotatable bonds is 21. The summed E-state index contributed by atoms with van der Waals surface area (Å²) in [5, 5.41) is 41.4. The molecule has 9 rings (SSSR count). The first-order valence-electron chi connectivity index (χ1n) is 26.0. The lowest BCUT2D eigenvalue weighted by Gasteiger charge is -2.40. The molecule has 1 aliphatic carbocycles. The molecule has 4 amide bonds. The second kappa shape index (κ2) is 23.5. The summed E-state index contributed by atoms with van der Waals surface area (Å²) < 4.78 is 17.6. The largest absolute Gasteiger partial charge is 0.392 e. The molecule has 398 valence electrons. The number of nitrogens with zero attached hydrogens (tertiary/aromatic N) is 8. The first-order valence-corrected chi connectivity index (χ1v) is 26.9. The van der Waals surface area contributed by atoms with Crippen molar-refractivity contribution in [3.63, 3.8) is 0 Å². The number of carbonyl (C=O) groups excluding carboxylic acids is 4. The van der Waals surface area contributed by atoms with E-state index in [2.05, 4.69) is 41.4 Å². The van der Waals surface area contributed by atoms with E-state index >= 15 is 4.39 Å². The van der Waals surface area contributed by atoms with Crippen molar-refractivity contribution in [1.82, 2.24) is 60.2 Å². The van der Waals surface area contributed by atoms with Crippen LogP contribution in [-0.4, -0.2) is 148 Å². The van der Waals surface area contributed by atoms with Gasteiger partial charge in [-0.25, -0.2) is 19.3 Å². The lowest BCUT2D eigenvalue weighted by Crippen LogP contribution is -2.60. The van der Waals surface area contributed by atoms with Crippen molar-refractivity contribution in [2.24, 2.45) is 5.41 Å². The Kier molecular flexibility index (Phi) is 16.7. The number of thiazole rings is 1. The summed E-state index contributed by atoms with van der Waals surface area (Å²) in [5.74, 6) is -0.719. The van der Waals surface area contributed by atoms with Crippen molar-refractivity contribution < 1.29 is 33.8 Å². The van der Waals surface area contributed by atoms with Gasteiger partial charge in [0.2, 0.25) is 17.7 Å². The topological polar surface area (TPSA) is 238 Å². The van der Waals surface area contributed by atoms with Crippen LogP contribution >= 0.6 is 11.3 Å². The Hall–Kier alpha value is -6.65. The molecular formula is C54H68FN13O6S. The molecule has 1 unspecified atom stereocenters. The molecule has 1 saturated carbocycles. The summed E-state index contributed by atoms with van der Waals surface area (Å²) in [4.78, 5) is 73.2. The van der Waals surface area contributed by atoms with Gasteiger partial charge in [-0.3, -0.25) is 38.5 Å². The number of amides is 4. The minimum atomic E-state index is -1.21. The van der Waals surface area contributed by atoms with Gasteiger partial charge in [-0.05, 0) is 73.8 Å². The number of H-pyrrole nitrogens is 1. The zero-order chi connectivity index (χ0) is 52.8. The van der Waals surface area contributed by atoms with Crippen LogP contribution in [0.3, 0.4) is 0 Å². The molecule has 6 aromatic rings. The molecule has 2 aliphatic heterocycles. The third-order valence-electron chi connectivity index (χ3n) is 14.4. The number of piperazine rings is 1. The van der Waals surface area contributed by atoms with E-state index in [1.165, 1.54) is 6.07 Å². The monoisotopic (exact) mass is 1050 g/mol. The molecule has 4 aromatic heterocycles. The molecule has 2 aromatic carbocycles. The number of imidazole rings is 1. The van der Waals surface area contributed by atoms with E-state index in [-0.39, 0.29) is 67.4 Å². The van der Waals surface area contributed by atoms with Crippen molar-refractivity contribution in [3.05, 3.63) is 101 Å². The number of aliphatic hydroxyl groups is 2. The van der Waals surface area contributed by atoms with Crippen molar-refractivity contribution >= 4 is 52.1 Å². The summed E-state index contributed by atoms with van der Waals surface area (Å²) in [5.41, 5.74) is 7.75. The van der Waals surface area contributed by atoms with Gasteiger partial charge < -0.3 is 36.4 Å². The van der Waals surface area contributed by atoms with Gasteiger partial charge in [-0.1, -0.05) is 57.9 Å². The number of hydrogen-bond donors (Lipinski definition) is 7. The number of nitrogens with one attached hydrogen (secondary N) is 5. The Bertz CT molecular complexity index is 2950. The average Bonchev–Trinajstić information content (AvgIpc) is 3.71. The highest BCUT2D eigenvalue weighted by molar-refractivity contribution is 7.13. The number of likely N-dealkylation sites (tertiary alicyclic amines) is 1. The number of fused-ring (bicyclic) bond motifs is 1. The van der Waals surface area contributed by atoms with Gasteiger partial charge in [0, 0.05) is 81.7 Å². The predicted molar refractivity (Wildman–Crippen MR) is 283 cm³/mol. The van der Waals surface area contributed by atoms with Gasteiger partial charge in [0.25, 0.3) is 5.91 Å². The minimum Gasteiger partial charge on any atom is -0.392 e. The zero-order valence-corrected chi connectivity index (χ0v) is 43.8. The Labute approximate surface area is 439 Å². The highest BCUT2D eigenvalue weighted by Gasteiger charge is 2.45. The maximum absolute atomic E-state index is 15.7. The number of halogens is 1. The molecule has 75 heavy (non-hydrogen) atoms. The van der Waals surface area contributed by atoms with Crippen LogP contribution in [0.4, 0.5) is 15.9 Å². The second-order valence-corrected chi connectivity index (χ2v) is 22.0. The van der Waals surface area contributed by atoms with E-state index in [1.807, 2.05) is 73.0 Å². The van der Waals surface area contributed by atoms with Gasteiger partial charge in [0.15, 0.2) is 11.5 Å². The number of aromatic amines is 1. The fraction of sp³-hybridized carbons (Fsp3) is 0.481. The van der Waals surface area contributed by atoms with E-state index in [9.17, 15) is 29.4 Å². The van der Waals surface area contributed by atoms with E-state index in [0.717, 1.165) is 70.8 Å². The van der Waals surface area contributed by atoms with E-state index in [1.54, 1.807) is 51.9 Å². The Morgan fingerprint density at radius 1 is 0.933 bits per heavy atom. The zero-order valence-electron chi connectivity index (χ0n) is 43.0. The average molecular weight is 1050 g/mol. The maximum atomic E-state index is 15.7. The van der Waals surface area contributed by atoms with Crippen molar-refractivity contribution in [2.75, 3.05) is 51.1 Å². The summed E-state index contributed by atoms with van der Waals surface area (Å²) in [6.07, 6.45) is 10.6. The third-order valence-corrected chi connectivity index (χ3v) is 15.4. The summed E-state index contributed by atoms with van der Waals surface area (Å²) in [6.45, 7) is 10.6. The Morgan fingerprint density at radius 2 is 1.71 bits per heavy atom. The normalized spacial score (nSPS) is 18.3. The molecule has 2 saturated heterocycles. The standard InChI is InChI=1S/C54H68FN13O6S/c1-33-47(75-32-59-33)36-12-10-34(11-13-36)25-58-51(72)43-24-39(69)29-68(43)53(74)48(54(2,3)4)64-45(70)9-7-5-6-8-18-56-46(71)31-65-19-21-66(22-20-65)52(73)37-16-17-41(40(55)23-37)62-49-50-57-28-44(38-26-60-61-27-38)67(50)30-42(63-49)35-14-15-35/h10-13,16-17,23,26-28,30,32,35,39,43,48,53,69,74H,5-9,14-15,18-22,24-25,29,31H2,1-4H3,(H,56,71)(H,58,72)(H,60,61)(H,62,63)(H,64,70)/t39-,43+,48+,53?/m0/s1. The van der Waals surface area contributed by atoms with E-state index in [0.29, 0.717) is 56.5 Å². The first-order chi connectivity index (χ1) is 36.1. The van der Waals surface area contributed by atoms with Crippen molar-refractivity contribution in [3.8, 4) is 21.7 Å². The van der Waals surface area contributed by atoms with Gasteiger partial charge in [0.1, 0.15) is 12.0 Å². The van der Waals surface area contributed by atoms with Crippen LogP contribution in [-0.2, 0) is 20.9 Å². The minimum absolute atomic E-state index is 0.0968. The number of anilines is 2. The maximum Gasteiger partial charge on any atom is 0.254 e. The van der Waals surface area contributed by atoms with E-state index in [4.69, 9.17) is 4.98 Å². The van der Waals surface area contributed by atoms with Crippen LogP contribution in [0.1, 0.15) is 105 Å². The first kappa shape index (κ1) is 53.2. The fourth-order valence-corrected chi connectivity index (χ4v) is 10.7. The summed E-state index contributed by atoms with van der Waals surface area (Å²) in [6, 6.07) is 10.9. The SMILES string of the molecule is Cc1ncsc1-c1ccc(CNC(=O)[C@H]2C[C@H](O)CN2C(O)[C@@H](NC(=O)CCCCCCNC(=O)CN2CCN(C(=O)c3ccc(Nc4nc(C5CC5)cn5c(-c6cn[nH]c6)cnc45)c(F)c3)CC2)C(C)(C)C)cc1. The summed E-state index contributed by atoms with van der Waals surface area (Å²) >= 11 is 1.58. The molecule has 6 heterocycles. The molecule has 3 fully saturated rings. The number of benzene rings is 2. The number of β-amino-alcohol motifs (C(OH)–C–C–N with tert-alkyl or cyclic N) is 1. The van der Waals surface area contributed by atoms with Gasteiger partial charge in [0.05, 0.1) is 70.3 Å². The number of aliphatic hydroxyl groups excluding tert-OH is 2. The predicted octanol–water partition coefficient (Wildman–Crippen LogP) is 5.74. The van der Waals surface area contributed by atoms with Crippen LogP contribution in [0.2, 0.25) is 0 Å². The highest BCUT2D eigenvalue weighted by atomic mass is 32.1. The molecule has 19 nitrogen and oxygen atoms in total. The molecule has 4 atom stereocenters. The number of aromatic nitrogens is 6. The van der Waals surface area contributed by atoms with Gasteiger partial charge in [-0.15, -0.1) is 11.3 Å². The Morgan fingerprint density at radius 3 is 2.40 bits per heavy atom. The quantitative estimate of drug-likeness (QED) is 0.0427.